The molecule has 0 radical (unpaired) electrons. The number of nitrogens with zero attached hydrogens (tertiary/aromatic N) is 2. The van der Waals surface area contributed by atoms with Gasteiger partial charge in [-0.3, -0.25) is 29.0 Å². The first-order chi connectivity index (χ1) is 14.1. The zero-order valence-corrected chi connectivity index (χ0v) is 16.1. The van der Waals surface area contributed by atoms with Crippen LogP contribution in [0.2, 0.25) is 0 Å². The highest BCUT2D eigenvalue weighted by Crippen LogP contribution is 2.24. The molecule has 2 aliphatic heterocycles. The number of rotatable bonds is 8. The lowest BCUT2D eigenvalue weighted by Gasteiger charge is -2.14. The summed E-state index contributed by atoms with van der Waals surface area (Å²) in [5, 5.41) is 0. The monoisotopic (exact) mass is 390 g/mol. The topological polar surface area (TPSA) is 74.8 Å². The fourth-order valence-electron chi connectivity index (χ4n) is 3.95. The Morgan fingerprint density at radius 2 is 0.724 bits per heavy atom. The summed E-state index contributed by atoms with van der Waals surface area (Å²) in [6, 6.07) is 13.8. The van der Waals surface area contributed by atoms with Crippen molar-refractivity contribution in [2.75, 3.05) is 13.1 Å². The molecule has 4 amide bonds. The standard InChI is InChI=1S/C23H22N2O4/c26-20-16-10-4-5-11-17(16)21(27)24(20)14-8-2-1-3-9-15-25-22(28)18-12-6-7-13-19(18)23(25)29/h4-7,10-13H,1-3,8-9,14-15H2. The van der Waals surface area contributed by atoms with Crippen LogP contribution < -0.4 is 0 Å². The highest BCUT2D eigenvalue weighted by Gasteiger charge is 2.35. The van der Waals surface area contributed by atoms with Crippen LogP contribution in [-0.4, -0.2) is 46.5 Å². The predicted octanol–water partition coefficient (Wildman–Crippen LogP) is 3.53. The van der Waals surface area contributed by atoms with Crippen molar-refractivity contribution in [3.63, 3.8) is 0 Å². The van der Waals surface area contributed by atoms with Gasteiger partial charge in [-0.05, 0) is 37.1 Å². The SMILES string of the molecule is O=C1c2ccccc2C(=O)N1CCCCCCCN1C(=O)c2ccccc2C1=O. The molecule has 0 aliphatic carbocycles. The van der Waals surface area contributed by atoms with E-state index in [1.165, 1.54) is 9.80 Å². The number of carbonyl (C=O) groups excluding carboxylic acids is 4. The van der Waals surface area contributed by atoms with Gasteiger partial charge in [-0.15, -0.1) is 0 Å². The minimum absolute atomic E-state index is 0.212. The Bertz CT molecular complexity index is 848. The maximum atomic E-state index is 12.3. The van der Waals surface area contributed by atoms with Crippen LogP contribution in [0.25, 0.3) is 0 Å². The zero-order valence-electron chi connectivity index (χ0n) is 16.1. The number of amides is 4. The van der Waals surface area contributed by atoms with Gasteiger partial charge >= 0.3 is 0 Å². The number of benzene rings is 2. The third-order valence-electron chi connectivity index (χ3n) is 5.52. The molecule has 2 aromatic carbocycles. The molecule has 6 nitrogen and oxygen atoms in total. The fraction of sp³-hybridized carbons (Fsp3) is 0.304. The van der Waals surface area contributed by atoms with Gasteiger partial charge in [0.25, 0.3) is 23.6 Å². The van der Waals surface area contributed by atoms with E-state index >= 15 is 0 Å². The number of fused-ring (bicyclic) bond motifs is 2. The smallest absolute Gasteiger partial charge is 0.261 e. The molecule has 0 atom stereocenters. The molecule has 148 valence electrons. The molecule has 2 aliphatic rings. The molecule has 0 unspecified atom stereocenters. The molecule has 6 heteroatoms. The van der Waals surface area contributed by atoms with E-state index in [9.17, 15) is 19.2 Å². The van der Waals surface area contributed by atoms with Gasteiger partial charge in [-0.2, -0.15) is 0 Å². The molecule has 2 heterocycles. The summed E-state index contributed by atoms with van der Waals surface area (Å²) in [6.45, 7) is 0.843. The maximum Gasteiger partial charge on any atom is 0.261 e. The Hall–Kier alpha value is -3.28. The number of unbranched alkanes of at least 4 members (excludes halogenated alkanes) is 4. The van der Waals surface area contributed by atoms with Gasteiger partial charge in [0.15, 0.2) is 0 Å². The Morgan fingerprint density at radius 1 is 0.448 bits per heavy atom. The summed E-state index contributed by atoms with van der Waals surface area (Å²) in [4.78, 5) is 51.9. The van der Waals surface area contributed by atoms with Crippen LogP contribution >= 0.6 is 0 Å². The van der Waals surface area contributed by atoms with Crippen LogP contribution in [0.15, 0.2) is 48.5 Å². The van der Waals surface area contributed by atoms with E-state index in [2.05, 4.69) is 0 Å². The summed E-state index contributed by atoms with van der Waals surface area (Å²) in [5.41, 5.74) is 1.94. The first-order valence-corrected chi connectivity index (χ1v) is 10.00. The lowest BCUT2D eigenvalue weighted by Crippen LogP contribution is -2.31. The van der Waals surface area contributed by atoms with Gasteiger partial charge in [-0.1, -0.05) is 43.5 Å². The van der Waals surface area contributed by atoms with Crippen molar-refractivity contribution in [2.45, 2.75) is 32.1 Å². The average Bonchev–Trinajstić information content (AvgIpc) is 3.13. The number of imide groups is 2. The van der Waals surface area contributed by atoms with Gasteiger partial charge in [-0.25, -0.2) is 0 Å². The average molecular weight is 390 g/mol. The van der Waals surface area contributed by atoms with Crippen molar-refractivity contribution in [1.82, 2.24) is 9.80 Å². The van der Waals surface area contributed by atoms with Crippen molar-refractivity contribution in [2.24, 2.45) is 0 Å². The molecule has 0 aromatic heterocycles. The van der Waals surface area contributed by atoms with E-state index in [1.54, 1.807) is 48.5 Å². The van der Waals surface area contributed by atoms with Gasteiger partial charge in [0.2, 0.25) is 0 Å². The van der Waals surface area contributed by atoms with Crippen LogP contribution in [0.5, 0.6) is 0 Å². The summed E-state index contributed by atoms with van der Waals surface area (Å²) >= 11 is 0. The Labute approximate surface area is 169 Å². The molecular weight excluding hydrogens is 368 g/mol. The first kappa shape index (κ1) is 19.1. The number of hydrogen-bond acceptors (Lipinski definition) is 4. The quantitative estimate of drug-likeness (QED) is 0.510. The molecule has 0 saturated heterocycles. The molecule has 0 fully saturated rings. The zero-order chi connectivity index (χ0) is 20.4. The number of hydrogen-bond donors (Lipinski definition) is 0. The van der Waals surface area contributed by atoms with Gasteiger partial charge in [0.1, 0.15) is 0 Å². The molecule has 29 heavy (non-hydrogen) atoms. The first-order valence-electron chi connectivity index (χ1n) is 10.00. The minimum Gasteiger partial charge on any atom is -0.274 e. The maximum absolute atomic E-state index is 12.3. The van der Waals surface area contributed by atoms with E-state index in [0.717, 1.165) is 32.1 Å². The van der Waals surface area contributed by atoms with Gasteiger partial charge in [0, 0.05) is 13.1 Å². The second-order valence-corrected chi connectivity index (χ2v) is 7.38. The van der Waals surface area contributed by atoms with Crippen LogP contribution in [0.1, 0.15) is 73.5 Å². The third kappa shape index (κ3) is 3.46. The van der Waals surface area contributed by atoms with E-state index < -0.39 is 0 Å². The number of carbonyl (C=O) groups is 4. The van der Waals surface area contributed by atoms with Crippen LogP contribution in [0.3, 0.4) is 0 Å². The third-order valence-corrected chi connectivity index (χ3v) is 5.52. The molecule has 0 bridgehead atoms. The highest BCUT2D eigenvalue weighted by molar-refractivity contribution is 6.22. The second kappa shape index (κ2) is 7.99. The van der Waals surface area contributed by atoms with Crippen molar-refractivity contribution < 1.29 is 19.2 Å². The Balaban J connectivity index is 1.17. The molecule has 4 rings (SSSR count). The van der Waals surface area contributed by atoms with Gasteiger partial charge < -0.3 is 0 Å². The molecule has 0 spiro atoms. The summed E-state index contributed by atoms with van der Waals surface area (Å²) < 4.78 is 0. The van der Waals surface area contributed by atoms with Crippen molar-refractivity contribution in [1.29, 1.82) is 0 Å². The Morgan fingerprint density at radius 3 is 1.03 bits per heavy atom. The lowest BCUT2D eigenvalue weighted by atomic mass is 10.1. The molecule has 0 N–H and O–H groups in total. The fourth-order valence-corrected chi connectivity index (χ4v) is 3.95. The summed E-state index contributed by atoms with van der Waals surface area (Å²) in [7, 11) is 0. The van der Waals surface area contributed by atoms with Gasteiger partial charge in [0.05, 0.1) is 22.3 Å². The molecular formula is C23H22N2O4. The normalized spacial score (nSPS) is 15.3. The molecule has 2 aromatic rings. The highest BCUT2D eigenvalue weighted by atomic mass is 16.2. The van der Waals surface area contributed by atoms with Crippen LogP contribution in [0, 0.1) is 0 Å². The Kier molecular flexibility index (Phi) is 5.25. The van der Waals surface area contributed by atoms with Crippen molar-refractivity contribution in [3.05, 3.63) is 70.8 Å². The summed E-state index contributed by atoms with van der Waals surface area (Å²) in [6.07, 6.45) is 4.19. The lowest BCUT2D eigenvalue weighted by molar-refractivity contribution is 0.0639. The van der Waals surface area contributed by atoms with Crippen molar-refractivity contribution in [3.8, 4) is 0 Å². The van der Waals surface area contributed by atoms with Crippen LogP contribution in [-0.2, 0) is 0 Å². The van der Waals surface area contributed by atoms with Crippen LogP contribution in [0.4, 0.5) is 0 Å². The van der Waals surface area contributed by atoms with Crippen molar-refractivity contribution >= 4 is 23.6 Å². The molecule has 0 saturated carbocycles. The van der Waals surface area contributed by atoms with E-state index in [0.29, 0.717) is 35.3 Å². The van der Waals surface area contributed by atoms with E-state index in [4.69, 9.17) is 0 Å². The largest absolute Gasteiger partial charge is 0.274 e. The second-order valence-electron chi connectivity index (χ2n) is 7.38. The van der Waals surface area contributed by atoms with E-state index in [1.807, 2.05) is 0 Å². The predicted molar refractivity (Wildman–Crippen MR) is 107 cm³/mol. The van der Waals surface area contributed by atoms with E-state index in [-0.39, 0.29) is 23.6 Å². The summed E-state index contributed by atoms with van der Waals surface area (Å²) in [5.74, 6) is -0.847. The minimum atomic E-state index is -0.212.